The van der Waals surface area contributed by atoms with Gasteiger partial charge in [0.05, 0.1) is 0 Å². The van der Waals surface area contributed by atoms with Gasteiger partial charge in [-0.25, -0.2) is 0 Å². The van der Waals surface area contributed by atoms with Crippen molar-refractivity contribution in [1.82, 2.24) is 4.90 Å². The van der Waals surface area contributed by atoms with Crippen LogP contribution in [0.15, 0.2) is 42.2 Å². The number of hydrogen-bond donors (Lipinski definition) is 1. The van der Waals surface area contributed by atoms with E-state index >= 15 is 0 Å². The molecule has 0 bridgehead atoms. The van der Waals surface area contributed by atoms with Gasteiger partial charge in [-0.3, -0.25) is 0 Å². The lowest BCUT2D eigenvalue weighted by Gasteiger charge is -2.31. The van der Waals surface area contributed by atoms with Gasteiger partial charge >= 0.3 is 0 Å². The highest BCUT2D eigenvalue weighted by Crippen LogP contribution is 2.29. The fraction of sp³-hybridized carbons (Fsp3) is 0.444. The fourth-order valence-corrected chi connectivity index (χ4v) is 2.73. The number of aliphatic hydroxyl groups is 1. The number of allylic oxidation sites excluding steroid dienone is 2. The molecule has 0 aromatic heterocycles. The van der Waals surface area contributed by atoms with Crippen molar-refractivity contribution in [3.8, 4) is 0 Å². The van der Waals surface area contributed by atoms with Crippen LogP contribution in [0.1, 0.15) is 44.2 Å². The van der Waals surface area contributed by atoms with Crippen molar-refractivity contribution in [1.29, 1.82) is 0 Å². The normalized spacial score (nSPS) is 16.7. The van der Waals surface area contributed by atoms with Crippen molar-refractivity contribution in [2.45, 2.75) is 46.1 Å². The molecular formula is C18H25NO. The molecule has 0 amide bonds. The van der Waals surface area contributed by atoms with Crippen LogP contribution in [-0.2, 0) is 0 Å². The predicted octanol–water partition coefficient (Wildman–Crippen LogP) is 4.11. The molecule has 0 aliphatic carbocycles. The summed E-state index contributed by atoms with van der Waals surface area (Å²) in [7, 11) is 0. The average Bonchev–Trinajstić information content (AvgIpc) is 2.44. The van der Waals surface area contributed by atoms with E-state index in [1.165, 1.54) is 22.3 Å². The zero-order chi connectivity index (χ0) is 14.5. The van der Waals surface area contributed by atoms with Crippen LogP contribution in [0.4, 0.5) is 0 Å². The Morgan fingerprint density at radius 3 is 2.45 bits per heavy atom. The number of aryl methyl sites for hydroxylation is 1. The largest absolute Gasteiger partial charge is 0.396 e. The van der Waals surface area contributed by atoms with Gasteiger partial charge < -0.3 is 10.0 Å². The first-order valence-corrected chi connectivity index (χ1v) is 7.47. The van der Waals surface area contributed by atoms with Crippen molar-refractivity contribution in [3.63, 3.8) is 0 Å². The zero-order valence-electron chi connectivity index (χ0n) is 12.8. The Morgan fingerprint density at radius 2 is 1.85 bits per heavy atom. The van der Waals surface area contributed by atoms with Gasteiger partial charge in [0.25, 0.3) is 0 Å². The first-order valence-electron chi connectivity index (χ1n) is 7.47. The second kappa shape index (κ2) is 6.76. The molecule has 2 rings (SSSR count). The number of rotatable bonds is 5. The highest BCUT2D eigenvalue weighted by atomic mass is 16.3. The van der Waals surface area contributed by atoms with E-state index in [1.807, 2.05) is 0 Å². The number of hydrogen-bond acceptors (Lipinski definition) is 2. The summed E-state index contributed by atoms with van der Waals surface area (Å²) in [6.07, 6.45) is 7.35. The molecule has 1 heterocycles. The maximum absolute atomic E-state index is 9.21. The molecule has 20 heavy (non-hydrogen) atoms. The monoisotopic (exact) mass is 271 g/mol. The van der Waals surface area contributed by atoms with Gasteiger partial charge in [-0.05, 0) is 44.2 Å². The third-order valence-corrected chi connectivity index (χ3v) is 3.92. The predicted molar refractivity (Wildman–Crippen MR) is 85.2 cm³/mol. The summed E-state index contributed by atoms with van der Waals surface area (Å²) in [6.45, 7) is 6.72. The lowest BCUT2D eigenvalue weighted by atomic mass is 9.96. The van der Waals surface area contributed by atoms with Gasteiger partial charge in [0.1, 0.15) is 0 Å². The zero-order valence-corrected chi connectivity index (χ0v) is 12.8. The van der Waals surface area contributed by atoms with Gasteiger partial charge in [-0.1, -0.05) is 42.3 Å². The molecule has 108 valence electrons. The Morgan fingerprint density at radius 1 is 1.15 bits per heavy atom. The second-order valence-corrected chi connectivity index (χ2v) is 5.69. The third-order valence-electron chi connectivity index (χ3n) is 3.92. The Kier molecular flexibility index (Phi) is 5.02. The molecule has 1 aromatic rings. The second-order valence-electron chi connectivity index (χ2n) is 5.69. The molecule has 0 fully saturated rings. The lowest BCUT2D eigenvalue weighted by Crippen LogP contribution is -2.28. The van der Waals surface area contributed by atoms with Crippen molar-refractivity contribution in [2.24, 2.45) is 0 Å². The fourth-order valence-electron chi connectivity index (χ4n) is 2.73. The summed E-state index contributed by atoms with van der Waals surface area (Å²) in [5, 5.41) is 9.21. The first kappa shape index (κ1) is 14.9. The summed E-state index contributed by atoms with van der Waals surface area (Å²) in [5.41, 5.74) is 5.33. The van der Waals surface area contributed by atoms with Crippen LogP contribution in [0.3, 0.4) is 0 Å². The molecular weight excluding hydrogens is 246 g/mol. The van der Waals surface area contributed by atoms with Crippen LogP contribution in [0.5, 0.6) is 0 Å². The third kappa shape index (κ3) is 3.51. The number of aliphatic hydroxyl groups excluding tert-OH is 1. The van der Waals surface area contributed by atoms with Crippen LogP contribution in [0, 0.1) is 6.92 Å². The first-order chi connectivity index (χ1) is 9.63. The molecule has 2 nitrogen and oxygen atoms in total. The minimum absolute atomic E-state index is 0.246. The van der Waals surface area contributed by atoms with E-state index in [9.17, 15) is 5.11 Å². The standard InChI is InChI=1S/C18H25NO/c1-4-18(9-10-20)19-12-15(3)11-17(13-19)16-7-5-14(2)6-8-16/h5-8,12-13,18,20H,4,9-11H2,1-3H3. The Hall–Kier alpha value is -1.54. The van der Waals surface area contributed by atoms with Gasteiger partial charge in [0, 0.05) is 25.0 Å². The van der Waals surface area contributed by atoms with Gasteiger partial charge in [0.2, 0.25) is 0 Å². The molecule has 0 saturated carbocycles. The van der Waals surface area contributed by atoms with Crippen LogP contribution in [-0.4, -0.2) is 22.7 Å². The van der Waals surface area contributed by atoms with Crippen molar-refractivity contribution < 1.29 is 5.11 Å². The van der Waals surface area contributed by atoms with E-state index in [0.29, 0.717) is 6.04 Å². The molecule has 2 heteroatoms. The van der Waals surface area contributed by atoms with Crippen LogP contribution >= 0.6 is 0 Å². The maximum atomic E-state index is 9.21. The van der Waals surface area contributed by atoms with E-state index in [0.717, 1.165) is 19.3 Å². The topological polar surface area (TPSA) is 23.5 Å². The molecule has 0 saturated heterocycles. The Balaban J connectivity index is 2.25. The van der Waals surface area contributed by atoms with Gasteiger partial charge in [0.15, 0.2) is 0 Å². The quantitative estimate of drug-likeness (QED) is 0.871. The molecule has 1 aliphatic heterocycles. The molecule has 1 aliphatic rings. The van der Waals surface area contributed by atoms with Crippen LogP contribution in [0.25, 0.3) is 5.57 Å². The van der Waals surface area contributed by atoms with Crippen LogP contribution in [0.2, 0.25) is 0 Å². The minimum Gasteiger partial charge on any atom is -0.396 e. The summed E-state index contributed by atoms with van der Waals surface area (Å²) < 4.78 is 0. The van der Waals surface area contributed by atoms with E-state index in [1.54, 1.807) is 0 Å². The molecule has 1 N–H and O–H groups in total. The molecule has 1 aromatic carbocycles. The smallest absolute Gasteiger partial charge is 0.0450 e. The SMILES string of the molecule is CCC(CCO)N1C=C(C)CC(c2ccc(C)cc2)=C1. The number of nitrogens with zero attached hydrogens (tertiary/aromatic N) is 1. The molecule has 1 unspecified atom stereocenters. The molecule has 0 radical (unpaired) electrons. The summed E-state index contributed by atoms with van der Waals surface area (Å²) in [6, 6.07) is 9.12. The molecule has 1 atom stereocenters. The maximum Gasteiger partial charge on any atom is 0.0450 e. The number of benzene rings is 1. The summed E-state index contributed by atoms with van der Waals surface area (Å²) >= 11 is 0. The van der Waals surface area contributed by atoms with Crippen LogP contribution < -0.4 is 0 Å². The Labute approximate surface area is 122 Å². The van der Waals surface area contributed by atoms with Crippen molar-refractivity contribution >= 4 is 5.57 Å². The van der Waals surface area contributed by atoms with E-state index in [-0.39, 0.29) is 6.61 Å². The van der Waals surface area contributed by atoms with Crippen molar-refractivity contribution in [3.05, 3.63) is 53.4 Å². The summed E-state index contributed by atoms with van der Waals surface area (Å²) in [4.78, 5) is 2.28. The molecule has 0 spiro atoms. The van der Waals surface area contributed by atoms with E-state index in [2.05, 4.69) is 62.3 Å². The van der Waals surface area contributed by atoms with Crippen molar-refractivity contribution in [2.75, 3.05) is 6.61 Å². The summed E-state index contributed by atoms with van der Waals surface area (Å²) in [5.74, 6) is 0. The Bertz CT molecular complexity index is 499. The minimum atomic E-state index is 0.246. The lowest BCUT2D eigenvalue weighted by molar-refractivity contribution is 0.229. The van der Waals surface area contributed by atoms with Gasteiger partial charge in [-0.2, -0.15) is 0 Å². The van der Waals surface area contributed by atoms with Gasteiger partial charge in [-0.15, -0.1) is 0 Å². The average molecular weight is 271 g/mol. The highest BCUT2D eigenvalue weighted by Gasteiger charge is 2.17. The van der Waals surface area contributed by atoms with E-state index < -0.39 is 0 Å². The van der Waals surface area contributed by atoms with E-state index in [4.69, 9.17) is 0 Å². The highest BCUT2D eigenvalue weighted by molar-refractivity contribution is 5.68.